The van der Waals surface area contributed by atoms with E-state index in [1.807, 2.05) is 24.3 Å². The van der Waals surface area contributed by atoms with E-state index in [2.05, 4.69) is 19.8 Å². The molecule has 0 bridgehead atoms. The Kier molecular flexibility index (Phi) is 5.75. The van der Waals surface area contributed by atoms with E-state index in [0.29, 0.717) is 12.1 Å². The number of hydrogen-bond acceptors (Lipinski definition) is 4. The van der Waals surface area contributed by atoms with Crippen LogP contribution in [-0.2, 0) is 13.1 Å². The van der Waals surface area contributed by atoms with Gasteiger partial charge in [-0.25, -0.2) is 0 Å². The Hall–Kier alpha value is -1.20. The Labute approximate surface area is 165 Å². The van der Waals surface area contributed by atoms with Crippen LogP contribution in [0.15, 0.2) is 36.7 Å². The molecule has 0 N–H and O–H groups in total. The third-order valence-electron chi connectivity index (χ3n) is 5.56. The van der Waals surface area contributed by atoms with E-state index >= 15 is 0 Å². The molecule has 0 aliphatic carbocycles. The minimum absolute atomic E-state index is 0.581. The molecule has 2 aromatic heterocycles. The molecule has 4 heterocycles. The van der Waals surface area contributed by atoms with Crippen molar-refractivity contribution in [1.29, 1.82) is 0 Å². The molecule has 2 saturated heterocycles. The summed E-state index contributed by atoms with van der Waals surface area (Å²) >= 11 is 12.3. The van der Waals surface area contributed by atoms with Gasteiger partial charge in [0.1, 0.15) is 0 Å². The Morgan fingerprint density at radius 1 is 0.808 bits per heavy atom. The van der Waals surface area contributed by atoms with Crippen molar-refractivity contribution in [2.45, 2.75) is 50.9 Å². The standard InChI is InChI=1S/C20H24Cl2N4/c21-15-5-7-23-17(11-15)13-25-9-1-3-19(25)20-4-2-10-26(20)14-18-12-16(22)6-8-24-18/h5-8,11-12,19-20H,1-4,9-10,13-14H2/t19-,20-/m0/s1. The fourth-order valence-corrected chi connectivity index (χ4v) is 4.82. The van der Waals surface area contributed by atoms with Crippen molar-refractivity contribution in [2.24, 2.45) is 0 Å². The average molecular weight is 391 g/mol. The van der Waals surface area contributed by atoms with Crippen LogP contribution in [0.25, 0.3) is 0 Å². The van der Waals surface area contributed by atoms with Crippen molar-refractivity contribution in [3.63, 3.8) is 0 Å². The zero-order valence-electron chi connectivity index (χ0n) is 14.8. The summed E-state index contributed by atoms with van der Waals surface area (Å²) in [5.41, 5.74) is 2.12. The highest BCUT2D eigenvalue weighted by Crippen LogP contribution is 2.32. The lowest BCUT2D eigenvalue weighted by molar-refractivity contribution is 0.122. The molecule has 2 aromatic rings. The molecule has 2 fully saturated rings. The summed E-state index contributed by atoms with van der Waals surface area (Å²) in [4.78, 5) is 14.2. The summed E-state index contributed by atoms with van der Waals surface area (Å²) in [6, 6.07) is 8.81. The lowest BCUT2D eigenvalue weighted by Crippen LogP contribution is -2.45. The molecule has 26 heavy (non-hydrogen) atoms. The van der Waals surface area contributed by atoms with Gasteiger partial charge in [-0.2, -0.15) is 0 Å². The predicted molar refractivity (Wildman–Crippen MR) is 105 cm³/mol. The maximum atomic E-state index is 6.14. The first-order chi connectivity index (χ1) is 12.7. The molecule has 0 radical (unpaired) electrons. The van der Waals surface area contributed by atoms with Crippen molar-refractivity contribution in [1.82, 2.24) is 19.8 Å². The van der Waals surface area contributed by atoms with Crippen LogP contribution < -0.4 is 0 Å². The first kappa shape index (κ1) is 18.2. The fraction of sp³-hybridized carbons (Fsp3) is 0.500. The fourth-order valence-electron chi connectivity index (χ4n) is 4.45. The molecule has 6 heteroatoms. The van der Waals surface area contributed by atoms with E-state index in [4.69, 9.17) is 23.2 Å². The molecular weight excluding hydrogens is 367 g/mol. The molecule has 0 saturated carbocycles. The molecule has 2 aliphatic heterocycles. The molecule has 2 aliphatic rings. The minimum Gasteiger partial charge on any atom is -0.293 e. The zero-order chi connectivity index (χ0) is 17.9. The smallest absolute Gasteiger partial charge is 0.0558 e. The Morgan fingerprint density at radius 3 is 1.69 bits per heavy atom. The van der Waals surface area contributed by atoms with Crippen LogP contribution in [0.5, 0.6) is 0 Å². The van der Waals surface area contributed by atoms with Crippen LogP contribution in [0, 0.1) is 0 Å². The van der Waals surface area contributed by atoms with Gasteiger partial charge in [-0.1, -0.05) is 23.2 Å². The first-order valence-electron chi connectivity index (χ1n) is 9.38. The maximum Gasteiger partial charge on any atom is 0.0558 e. The van der Waals surface area contributed by atoms with Gasteiger partial charge >= 0.3 is 0 Å². The molecular formula is C20H24Cl2N4. The quantitative estimate of drug-likeness (QED) is 0.756. The van der Waals surface area contributed by atoms with Crippen LogP contribution in [0.2, 0.25) is 10.0 Å². The monoisotopic (exact) mass is 390 g/mol. The van der Waals surface area contributed by atoms with Gasteiger partial charge < -0.3 is 0 Å². The van der Waals surface area contributed by atoms with Crippen LogP contribution in [-0.4, -0.2) is 44.9 Å². The molecule has 0 amide bonds. The number of nitrogens with zero attached hydrogens (tertiary/aromatic N) is 4. The summed E-state index contributed by atoms with van der Waals surface area (Å²) < 4.78 is 0. The van der Waals surface area contributed by atoms with Crippen molar-refractivity contribution < 1.29 is 0 Å². The lowest BCUT2D eigenvalue weighted by Gasteiger charge is -2.34. The van der Waals surface area contributed by atoms with Crippen LogP contribution >= 0.6 is 23.2 Å². The average Bonchev–Trinajstić information content (AvgIpc) is 3.24. The second kappa shape index (κ2) is 8.22. The van der Waals surface area contributed by atoms with Gasteiger partial charge in [0.2, 0.25) is 0 Å². The molecule has 0 unspecified atom stereocenters. The van der Waals surface area contributed by atoms with Gasteiger partial charge in [0.05, 0.1) is 11.4 Å². The van der Waals surface area contributed by atoms with Gasteiger partial charge in [0, 0.05) is 47.6 Å². The summed E-state index contributed by atoms with van der Waals surface area (Å²) in [6.45, 7) is 4.03. The third kappa shape index (κ3) is 4.20. The molecule has 2 atom stereocenters. The van der Waals surface area contributed by atoms with Crippen molar-refractivity contribution in [3.05, 3.63) is 58.1 Å². The van der Waals surface area contributed by atoms with Crippen LogP contribution in [0.4, 0.5) is 0 Å². The zero-order valence-corrected chi connectivity index (χ0v) is 16.3. The van der Waals surface area contributed by atoms with E-state index in [-0.39, 0.29) is 0 Å². The van der Waals surface area contributed by atoms with Crippen molar-refractivity contribution in [3.8, 4) is 0 Å². The predicted octanol–water partition coefficient (Wildman–Crippen LogP) is 4.41. The van der Waals surface area contributed by atoms with Gasteiger partial charge in [-0.15, -0.1) is 0 Å². The Morgan fingerprint density at radius 2 is 1.27 bits per heavy atom. The Bertz CT molecular complexity index is 691. The normalized spacial score (nSPS) is 24.4. The lowest BCUT2D eigenvalue weighted by atomic mass is 10.0. The highest BCUT2D eigenvalue weighted by atomic mass is 35.5. The largest absolute Gasteiger partial charge is 0.293 e. The molecule has 0 spiro atoms. The highest BCUT2D eigenvalue weighted by molar-refractivity contribution is 6.30. The second-order valence-electron chi connectivity index (χ2n) is 7.29. The molecule has 138 valence electrons. The summed E-state index contributed by atoms with van der Waals surface area (Å²) in [6.07, 6.45) is 8.62. The molecule has 4 rings (SSSR count). The summed E-state index contributed by atoms with van der Waals surface area (Å²) in [7, 11) is 0. The van der Waals surface area contributed by atoms with Gasteiger partial charge in [-0.3, -0.25) is 19.8 Å². The SMILES string of the molecule is Clc1ccnc(CN2CCC[C@H]2[C@@H]2CCCN2Cc2cc(Cl)ccn2)c1. The third-order valence-corrected chi connectivity index (χ3v) is 6.03. The highest BCUT2D eigenvalue weighted by Gasteiger charge is 2.37. The number of likely N-dealkylation sites (tertiary alicyclic amines) is 2. The Balaban J connectivity index is 1.45. The van der Waals surface area contributed by atoms with Crippen molar-refractivity contribution >= 4 is 23.2 Å². The maximum absolute atomic E-state index is 6.14. The van der Waals surface area contributed by atoms with E-state index in [1.54, 1.807) is 12.4 Å². The molecule has 0 aromatic carbocycles. The van der Waals surface area contributed by atoms with E-state index in [1.165, 1.54) is 25.7 Å². The molecule has 4 nitrogen and oxygen atoms in total. The topological polar surface area (TPSA) is 32.3 Å². The summed E-state index contributed by atoms with van der Waals surface area (Å²) in [5.74, 6) is 0. The minimum atomic E-state index is 0.581. The summed E-state index contributed by atoms with van der Waals surface area (Å²) in [5, 5.41) is 1.53. The van der Waals surface area contributed by atoms with Crippen molar-refractivity contribution in [2.75, 3.05) is 13.1 Å². The number of aromatic nitrogens is 2. The van der Waals surface area contributed by atoms with Crippen LogP contribution in [0.1, 0.15) is 37.1 Å². The van der Waals surface area contributed by atoms with Gasteiger partial charge in [0.15, 0.2) is 0 Å². The number of halogens is 2. The van der Waals surface area contributed by atoms with E-state index in [9.17, 15) is 0 Å². The number of pyridine rings is 2. The van der Waals surface area contributed by atoms with E-state index in [0.717, 1.165) is 47.6 Å². The number of rotatable bonds is 5. The van der Waals surface area contributed by atoms with Gasteiger partial charge in [-0.05, 0) is 63.0 Å². The van der Waals surface area contributed by atoms with Crippen LogP contribution in [0.3, 0.4) is 0 Å². The van der Waals surface area contributed by atoms with E-state index < -0.39 is 0 Å². The number of hydrogen-bond donors (Lipinski definition) is 0. The second-order valence-corrected chi connectivity index (χ2v) is 8.16. The first-order valence-corrected chi connectivity index (χ1v) is 10.1. The van der Waals surface area contributed by atoms with Gasteiger partial charge in [0.25, 0.3) is 0 Å².